The summed E-state index contributed by atoms with van der Waals surface area (Å²) in [5, 5.41) is 38.3. The van der Waals surface area contributed by atoms with Crippen LogP contribution in [0.15, 0.2) is 48.6 Å². The first-order valence-corrected chi connectivity index (χ1v) is 20.3. The second-order valence-corrected chi connectivity index (χ2v) is 17.6. The van der Waals surface area contributed by atoms with Crippen LogP contribution in [-0.2, 0) is 31.6 Å². The van der Waals surface area contributed by atoms with E-state index in [9.17, 15) is 20.1 Å². The van der Waals surface area contributed by atoms with E-state index >= 15 is 4.79 Å². The van der Waals surface area contributed by atoms with E-state index in [4.69, 9.17) is 15.3 Å². The summed E-state index contributed by atoms with van der Waals surface area (Å²) in [5.41, 5.74) is 0.683. The number of aliphatic hydroxyl groups excluding tert-OH is 1. The van der Waals surface area contributed by atoms with Crippen molar-refractivity contribution in [3.05, 3.63) is 70.9 Å². The Labute approximate surface area is 327 Å². The number of aromatic nitrogens is 1. The number of esters is 1. The third kappa shape index (κ3) is 4.58. The number of aromatic amines is 1. The molecule has 13 nitrogen and oxygen atoms in total. The number of nitrogens with two attached hydrogens (primary N) is 1. The molecule has 6 heterocycles. The Morgan fingerprint density at radius 3 is 2.55 bits per heavy atom. The third-order valence-electron chi connectivity index (χ3n) is 15.3. The molecule has 3 aromatic rings. The van der Waals surface area contributed by atoms with Crippen molar-refractivity contribution in [1.29, 1.82) is 0 Å². The van der Waals surface area contributed by atoms with Gasteiger partial charge in [-0.05, 0) is 74.2 Å². The first-order chi connectivity index (χ1) is 26.8. The number of carbonyl (C=O) groups is 2. The van der Waals surface area contributed by atoms with Crippen molar-refractivity contribution >= 4 is 28.5 Å². The van der Waals surface area contributed by atoms with E-state index in [1.807, 2.05) is 62.2 Å². The summed E-state index contributed by atoms with van der Waals surface area (Å²) in [6.07, 6.45) is 5.73. The summed E-state index contributed by atoms with van der Waals surface area (Å²) >= 11 is 0. The number of para-hydroxylation sites is 1. The van der Waals surface area contributed by atoms with Gasteiger partial charge in [0.2, 0.25) is 0 Å². The molecule has 5 aliphatic heterocycles. The van der Waals surface area contributed by atoms with Crippen molar-refractivity contribution in [1.82, 2.24) is 20.2 Å². The quantitative estimate of drug-likeness (QED) is 0.0714. The summed E-state index contributed by atoms with van der Waals surface area (Å²) < 4.78 is 12.2. The molecule has 10 atom stereocenters. The fourth-order valence-corrected chi connectivity index (χ4v) is 13.1. The number of methoxy groups -OCH3 is 2. The van der Waals surface area contributed by atoms with Gasteiger partial charge in [-0.3, -0.25) is 24.8 Å². The minimum atomic E-state index is -2.31. The molecule has 13 heteroatoms. The molecule has 3 fully saturated rings. The van der Waals surface area contributed by atoms with Crippen molar-refractivity contribution in [3.63, 3.8) is 0 Å². The van der Waals surface area contributed by atoms with Crippen LogP contribution < -0.4 is 20.9 Å². The van der Waals surface area contributed by atoms with E-state index in [0.29, 0.717) is 76.0 Å². The zero-order valence-corrected chi connectivity index (χ0v) is 33.1. The lowest BCUT2D eigenvalue weighted by atomic mass is 9.47. The van der Waals surface area contributed by atoms with E-state index in [-0.39, 0.29) is 12.0 Å². The van der Waals surface area contributed by atoms with Crippen LogP contribution in [0.1, 0.15) is 68.3 Å². The van der Waals surface area contributed by atoms with Gasteiger partial charge in [-0.1, -0.05) is 44.2 Å². The topological polar surface area (TPSA) is 177 Å². The zero-order chi connectivity index (χ0) is 39.6. The highest BCUT2D eigenvalue weighted by Gasteiger charge is 2.78. The molecular formula is C43H56N6O7. The lowest BCUT2D eigenvalue weighted by molar-refractivity contribution is -0.203. The molecule has 7 N–H and O–H groups in total. The number of nitrogens with zero attached hydrogens (tertiary/aromatic N) is 3. The van der Waals surface area contributed by atoms with E-state index in [2.05, 4.69) is 32.3 Å². The van der Waals surface area contributed by atoms with Crippen LogP contribution in [0.5, 0.6) is 5.75 Å². The maximum atomic E-state index is 15.2. The second kappa shape index (κ2) is 12.8. The van der Waals surface area contributed by atoms with E-state index in [1.54, 1.807) is 7.11 Å². The van der Waals surface area contributed by atoms with E-state index in [1.165, 1.54) is 7.11 Å². The molecule has 2 bridgehead atoms. The lowest BCUT2D eigenvalue weighted by Crippen LogP contribution is -2.82. The molecule has 56 heavy (non-hydrogen) atoms. The van der Waals surface area contributed by atoms with Crippen LogP contribution in [-0.4, -0.2) is 125 Å². The van der Waals surface area contributed by atoms with Crippen LogP contribution in [0.2, 0.25) is 0 Å². The second-order valence-electron chi connectivity index (χ2n) is 17.6. The molecule has 1 spiro atoms. The molecule has 0 radical (unpaired) electrons. The van der Waals surface area contributed by atoms with Gasteiger partial charge in [0.15, 0.2) is 5.60 Å². The largest absolute Gasteiger partial charge is 0.496 e. The highest BCUT2D eigenvalue weighted by atomic mass is 16.5. The Balaban J connectivity index is 1.36. The summed E-state index contributed by atoms with van der Waals surface area (Å²) in [5.74, 6) is 4.94. The van der Waals surface area contributed by atoms with E-state index in [0.717, 1.165) is 40.0 Å². The number of hydrazine groups is 1. The highest BCUT2D eigenvalue weighted by Crippen LogP contribution is 2.67. The molecule has 300 valence electrons. The molecule has 1 amide bonds. The number of aliphatic hydroxyl groups is 3. The van der Waals surface area contributed by atoms with Crippen LogP contribution in [0.25, 0.3) is 10.9 Å². The van der Waals surface area contributed by atoms with E-state index < -0.39 is 51.5 Å². The van der Waals surface area contributed by atoms with Crippen LogP contribution in [0.4, 0.5) is 5.69 Å². The molecule has 2 aromatic carbocycles. The van der Waals surface area contributed by atoms with Gasteiger partial charge in [0, 0.05) is 84.0 Å². The normalized spacial score (nSPS) is 38.4. The number of rotatable bonds is 6. The molecule has 6 aliphatic rings. The summed E-state index contributed by atoms with van der Waals surface area (Å²) in [4.78, 5) is 39.7. The number of carbonyl (C=O) groups excluding carboxylic acids is 2. The Kier molecular flexibility index (Phi) is 8.56. The van der Waals surface area contributed by atoms with Gasteiger partial charge in [-0.2, -0.15) is 0 Å². The average molecular weight is 769 g/mol. The van der Waals surface area contributed by atoms with Crippen molar-refractivity contribution in [2.75, 3.05) is 58.9 Å². The van der Waals surface area contributed by atoms with Gasteiger partial charge in [0.1, 0.15) is 17.3 Å². The minimum absolute atomic E-state index is 0.0851. The average Bonchev–Trinajstić information content (AvgIpc) is 3.87. The Bertz CT molecular complexity index is 2140. The molecule has 1 aliphatic carbocycles. The number of amides is 1. The number of fused-ring (bicyclic) bond motifs is 6. The predicted molar refractivity (Wildman–Crippen MR) is 211 cm³/mol. The number of anilines is 1. The Morgan fingerprint density at radius 2 is 1.84 bits per heavy atom. The maximum absolute atomic E-state index is 15.2. The highest BCUT2D eigenvalue weighted by molar-refractivity contribution is 5.95. The third-order valence-corrected chi connectivity index (χ3v) is 15.3. The first kappa shape index (κ1) is 37.6. The molecule has 9 rings (SSSR count). The summed E-state index contributed by atoms with van der Waals surface area (Å²) in [6.45, 7) is 7.36. The number of likely N-dealkylation sites (N-methyl/N-ethyl adjacent to an activating group) is 1. The molecular weight excluding hydrogens is 713 g/mol. The van der Waals surface area contributed by atoms with Crippen LogP contribution >= 0.6 is 0 Å². The molecule has 1 aromatic heterocycles. The number of hydrogen-bond acceptors (Lipinski definition) is 11. The van der Waals surface area contributed by atoms with Crippen molar-refractivity contribution < 1.29 is 34.4 Å². The Hall–Kier alpha value is -3.98. The number of ether oxygens (including phenoxy) is 2. The van der Waals surface area contributed by atoms with Crippen molar-refractivity contribution in [2.45, 2.75) is 92.6 Å². The maximum Gasteiger partial charge on any atom is 0.322 e. The van der Waals surface area contributed by atoms with Gasteiger partial charge >= 0.3 is 5.97 Å². The molecule has 2 saturated heterocycles. The monoisotopic (exact) mass is 768 g/mol. The number of H-pyrrole nitrogens is 1. The minimum Gasteiger partial charge on any atom is -0.496 e. The zero-order valence-electron chi connectivity index (χ0n) is 33.1. The van der Waals surface area contributed by atoms with Gasteiger partial charge < -0.3 is 34.7 Å². The standard InChI is InChI=1S/C43H56N6O7/c1-6-39(53)21-25-22-42(38(52)56-5,33-27(13-17-48(23-25)24-39)26-11-8-9-12-30(26)45-33)29-19-28-31(20-32(29)55-4)47(3)35-41(28)15-18-49-16-10-14-40(7-2,34(41)49)36(50)43(35,54)37(51)46-44/h8-12,14,19-20,25,34-36,45,50,53-54H,6-7,13,15-18,21-24,44H2,1-5H3,(H,46,51)/t25-,34-,35+,36+,39-,40+,41+,42-,43-/m0/s1. The predicted octanol–water partition coefficient (Wildman–Crippen LogP) is 2.24. The van der Waals surface area contributed by atoms with Crippen molar-refractivity contribution in [2.24, 2.45) is 17.2 Å². The number of hydrogen-bond donors (Lipinski definition) is 6. The van der Waals surface area contributed by atoms with Crippen LogP contribution in [0, 0.1) is 11.3 Å². The van der Waals surface area contributed by atoms with Gasteiger partial charge in [-0.15, -0.1) is 0 Å². The van der Waals surface area contributed by atoms with Gasteiger partial charge in [-0.25, -0.2) is 5.84 Å². The van der Waals surface area contributed by atoms with Crippen molar-refractivity contribution in [3.8, 4) is 5.75 Å². The summed E-state index contributed by atoms with van der Waals surface area (Å²) in [6, 6.07) is 11.0. The fourth-order valence-electron chi connectivity index (χ4n) is 13.1. The smallest absolute Gasteiger partial charge is 0.322 e. The first-order valence-electron chi connectivity index (χ1n) is 20.3. The number of piperidine rings is 1. The van der Waals surface area contributed by atoms with Gasteiger partial charge in [0.25, 0.3) is 5.91 Å². The van der Waals surface area contributed by atoms with Crippen LogP contribution in [0.3, 0.4) is 0 Å². The lowest BCUT2D eigenvalue weighted by Gasteiger charge is -2.63. The number of benzene rings is 2. The SMILES string of the molecule is CC[C@]1(O)C[C@@H]2CN(CCc3c([nH]c4ccccc34)[C@@](C(=O)OC)(c3cc4c(cc3OC)N(C)[C@H]3[C@@](O)(C(=O)NN)[C@H](O)[C@]5(CC)C=CCN6CC[C@]43[C@@H]65)C2)C1. The summed E-state index contributed by atoms with van der Waals surface area (Å²) in [7, 11) is 4.89. The number of nitrogens with one attached hydrogen (secondary N) is 2. The molecule has 1 saturated carbocycles. The van der Waals surface area contributed by atoms with Gasteiger partial charge in [0.05, 0.1) is 25.9 Å². The fraction of sp³-hybridized carbons (Fsp3) is 0.581. The Morgan fingerprint density at radius 1 is 1.05 bits per heavy atom. The molecule has 1 unspecified atom stereocenters.